The third-order valence-electron chi connectivity index (χ3n) is 2.57. The Kier molecular flexibility index (Phi) is 2.77. The first kappa shape index (κ1) is 11.1. The Morgan fingerprint density at radius 3 is 2.71 bits per heavy atom. The number of aliphatic hydroxyl groups excluding tert-OH is 1. The summed E-state index contributed by atoms with van der Waals surface area (Å²) in [5, 5.41) is 28.5. The van der Waals surface area contributed by atoms with Gasteiger partial charge in [0.05, 0.1) is 11.6 Å². The van der Waals surface area contributed by atoms with Gasteiger partial charge in [-0.1, -0.05) is 24.3 Å². The summed E-state index contributed by atoms with van der Waals surface area (Å²) in [5.41, 5.74) is 0.832. The number of hydrogen-bond donors (Lipinski definition) is 2. The predicted octanol–water partition coefficient (Wildman–Crippen LogP) is 1.83. The monoisotopic (exact) mass is 227 g/mol. The highest BCUT2D eigenvalue weighted by Crippen LogP contribution is 2.25. The van der Waals surface area contributed by atoms with Crippen LogP contribution >= 0.6 is 0 Å². The zero-order valence-corrected chi connectivity index (χ0v) is 8.79. The van der Waals surface area contributed by atoms with Crippen molar-refractivity contribution in [3.05, 3.63) is 47.5 Å². The second-order valence-electron chi connectivity index (χ2n) is 3.64. The zero-order chi connectivity index (χ0) is 12.4. The van der Waals surface area contributed by atoms with Crippen LogP contribution < -0.4 is 0 Å². The number of rotatable bonds is 2. The molecule has 0 fully saturated rings. The molecule has 0 heterocycles. The number of carboxylic acid groups (broad SMARTS) is 1. The summed E-state index contributed by atoms with van der Waals surface area (Å²) in [6, 6.07) is 11.9. The lowest BCUT2D eigenvalue weighted by molar-refractivity contribution is -0.146. The van der Waals surface area contributed by atoms with Crippen molar-refractivity contribution in [3.63, 3.8) is 0 Å². The molecule has 17 heavy (non-hydrogen) atoms. The van der Waals surface area contributed by atoms with E-state index in [-0.39, 0.29) is 0 Å². The topological polar surface area (TPSA) is 81.3 Å². The molecule has 2 rings (SSSR count). The maximum atomic E-state index is 10.8. The summed E-state index contributed by atoms with van der Waals surface area (Å²) in [5.74, 6) is -1.29. The van der Waals surface area contributed by atoms with E-state index in [2.05, 4.69) is 0 Å². The number of aliphatic hydroxyl groups is 1. The second kappa shape index (κ2) is 4.24. The molecule has 2 aromatic carbocycles. The van der Waals surface area contributed by atoms with E-state index in [0.717, 1.165) is 5.39 Å². The quantitative estimate of drug-likeness (QED) is 0.820. The summed E-state index contributed by atoms with van der Waals surface area (Å²) in [7, 11) is 0. The van der Waals surface area contributed by atoms with E-state index in [9.17, 15) is 9.90 Å². The van der Waals surface area contributed by atoms with Crippen LogP contribution in [0.4, 0.5) is 0 Å². The maximum absolute atomic E-state index is 10.8. The first-order valence-corrected chi connectivity index (χ1v) is 4.97. The Morgan fingerprint density at radius 1 is 1.29 bits per heavy atom. The lowest BCUT2D eigenvalue weighted by atomic mass is 9.99. The highest BCUT2D eigenvalue weighted by molar-refractivity contribution is 5.90. The molecule has 4 heteroatoms. The van der Waals surface area contributed by atoms with Crippen LogP contribution in [-0.2, 0) is 4.79 Å². The standard InChI is InChI=1S/C13H9NO3/c14-7-8-4-5-10-9(6-8)2-1-3-11(10)12(15)13(16)17/h1-6,12,15H,(H,16,17). The van der Waals surface area contributed by atoms with Gasteiger partial charge in [-0.25, -0.2) is 4.79 Å². The van der Waals surface area contributed by atoms with Gasteiger partial charge < -0.3 is 10.2 Å². The molecule has 0 aliphatic heterocycles. The van der Waals surface area contributed by atoms with Gasteiger partial charge in [-0.3, -0.25) is 0 Å². The molecule has 2 N–H and O–H groups in total. The van der Waals surface area contributed by atoms with Gasteiger partial charge >= 0.3 is 5.97 Å². The number of hydrogen-bond acceptors (Lipinski definition) is 3. The summed E-state index contributed by atoms with van der Waals surface area (Å²) >= 11 is 0. The third kappa shape index (κ3) is 1.96. The van der Waals surface area contributed by atoms with Crippen molar-refractivity contribution in [1.82, 2.24) is 0 Å². The second-order valence-corrected chi connectivity index (χ2v) is 3.64. The van der Waals surface area contributed by atoms with Crippen molar-refractivity contribution >= 4 is 16.7 Å². The third-order valence-corrected chi connectivity index (χ3v) is 2.57. The van der Waals surface area contributed by atoms with E-state index >= 15 is 0 Å². The van der Waals surface area contributed by atoms with Crippen LogP contribution in [0.1, 0.15) is 17.2 Å². The van der Waals surface area contributed by atoms with E-state index in [0.29, 0.717) is 16.5 Å². The number of nitrogens with zero attached hydrogens (tertiary/aromatic N) is 1. The fourth-order valence-electron chi connectivity index (χ4n) is 1.75. The molecule has 2 aromatic rings. The van der Waals surface area contributed by atoms with Gasteiger partial charge in [-0.2, -0.15) is 5.26 Å². The summed E-state index contributed by atoms with van der Waals surface area (Å²) < 4.78 is 0. The van der Waals surface area contributed by atoms with Crippen molar-refractivity contribution in [1.29, 1.82) is 5.26 Å². The first-order valence-electron chi connectivity index (χ1n) is 4.97. The number of carbonyl (C=O) groups is 1. The first-order chi connectivity index (χ1) is 8.13. The predicted molar refractivity (Wildman–Crippen MR) is 61.3 cm³/mol. The van der Waals surface area contributed by atoms with Crippen molar-refractivity contribution in [3.8, 4) is 6.07 Å². The highest BCUT2D eigenvalue weighted by atomic mass is 16.4. The number of nitriles is 1. The molecule has 0 aliphatic rings. The fraction of sp³-hybridized carbons (Fsp3) is 0.0769. The van der Waals surface area contributed by atoms with E-state index in [4.69, 9.17) is 10.4 Å². The van der Waals surface area contributed by atoms with Crippen LogP contribution in [0.15, 0.2) is 36.4 Å². The van der Waals surface area contributed by atoms with Crippen LogP contribution in [0, 0.1) is 11.3 Å². The molecule has 0 spiro atoms. The molecule has 0 aromatic heterocycles. The molecule has 1 atom stereocenters. The molecule has 84 valence electrons. The summed E-state index contributed by atoms with van der Waals surface area (Å²) in [4.78, 5) is 10.8. The molecule has 4 nitrogen and oxygen atoms in total. The zero-order valence-electron chi connectivity index (χ0n) is 8.79. The van der Waals surface area contributed by atoms with Crippen LogP contribution in [0.5, 0.6) is 0 Å². The van der Waals surface area contributed by atoms with Gasteiger partial charge in [0.2, 0.25) is 0 Å². The van der Waals surface area contributed by atoms with Crippen molar-refractivity contribution in [2.24, 2.45) is 0 Å². The highest BCUT2D eigenvalue weighted by Gasteiger charge is 2.18. The van der Waals surface area contributed by atoms with Crippen LogP contribution in [0.2, 0.25) is 0 Å². The Bertz CT molecular complexity index is 628. The van der Waals surface area contributed by atoms with Crippen LogP contribution in [-0.4, -0.2) is 16.2 Å². The molecule has 0 saturated heterocycles. The van der Waals surface area contributed by atoms with Gasteiger partial charge in [-0.05, 0) is 28.5 Å². The Balaban J connectivity index is 2.67. The number of aliphatic carboxylic acids is 1. The van der Waals surface area contributed by atoms with Gasteiger partial charge in [0.25, 0.3) is 0 Å². The fourth-order valence-corrected chi connectivity index (χ4v) is 1.75. The molecule has 0 amide bonds. The van der Waals surface area contributed by atoms with Gasteiger partial charge in [0, 0.05) is 0 Å². The van der Waals surface area contributed by atoms with E-state index in [1.165, 1.54) is 0 Å². The lowest BCUT2D eigenvalue weighted by Gasteiger charge is -2.09. The summed E-state index contributed by atoms with van der Waals surface area (Å²) in [6.45, 7) is 0. The van der Waals surface area contributed by atoms with E-state index < -0.39 is 12.1 Å². The number of fused-ring (bicyclic) bond motifs is 1. The van der Waals surface area contributed by atoms with Gasteiger partial charge in [0.1, 0.15) is 0 Å². The van der Waals surface area contributed by atoms with Crippen molar-refractivity contribution in [2.45, 2.75) is 6.10 Å². The minimum atomic E-state index is -1.55. The number of benzene rings is 2. The normalized spacial score (nSPS) is 12.0. The van der Waals surface area contributed by atoms with Gasteiger partial charge in [0.15, 0.2) is 6.10 Å². The molecule has 0 bridgehead atoms. The molecule has 0 radical (unpaired) electrons. The van der Waals surface area contributed by atoms with Crippen LogP contribution in [0.25, 0.3) is 10.8 Å². The smallest absolute Gasteiger partial charge is 0.337 e. The van der Waals surface area contributed by atoms with Crippen LogP contribution in [0.3, 0.4) is 0 Å². The van der Waals surface area contributed by atoms with Crippen molar-refractivity contribution < 1.29 is 15.0 Å². The molecule has 1 unspecified atom stereocenters. The average molecular weight is 227 g/mol. The lowest BCUT2D eigenvalue weighted by Crippen LogP contribution is -2.10. The Morgan fingerprint density at radius 2 is 2.06 bits per heavy atom. The Hall–Kier alpha value is -2.38. The van der Waals surface area contributed by atoms with Crippen molar-refractivity contribution in [2.75, 3.05) is 0 Å². The minimum absolute atomic E-state index is 0.333. The summed E-state index contributed by atoms with van der Waals surface area (Å²) in [6.07, 6.45) is -1.55. The molecular formula is C13H9NO3. The number of carboxylic acids is 1. The SMILES string of the molecule is N#Cc1ccc2c(C(O)C(=O)O)cccc2c1. The van der Waals surface area contributed by atoms with Gasteiger partial charge in [-0.15, -0.1) is 0 Å². The largest absolute Gasteiger partial charge is 0.479 e. The maximum Gasteiger partial charge on any atom is 0.337 e. The molecule has 0 saturated carbocycles. The minimum Gasteiger partial charge on any atom is -0.479 e. The Labute approximate surface area is 97.4 Å². The van der Waals surface area contributed by atoms with E-state index in [1.807, 2.05) is 6.07 Å². The average Bonchev–Trinajstić information content (AvgIpc) is 2.36. The molecular weight excluding hydrogens is 218 g/mol. The van der Waals surface area contributed by atoms with E-state index in [1.54, 1.807) is 36.4 Å². The molecule has 0 aliphatic carbocycles.